The number of carbonyl (C=O) groups is 1. The quantitative estimate of drug-likeness (QED) is 0.438. The molecule has 0 aliphatic carbocycles. The average Bonchev–Trinajstić information content (AvgIpc) is 2.67. The summed E-state index contributed by atoms with van der Waals surface area (Å²) in [5.41, 5.74) is 4.76. The van der Waals surface area contributed by atoms with Gasteiger partial charge in [-0.2, -0.15) is 0 Å². The van der Waals surface area contributed by atoms with Gasteiger partial charge in [-0.25, -0.2) is 9.97 Å². The lowest BCUT2D eigenvalue weighted by Crippen LogP contribution is -2.15. The fourth-order valence-electron chi connectivity index (χ4n) is 2.84. The number of aromatic nitrogens is 2. The Morgan fingerprint density at radius 1 is 0.964 bits per heavy atom. The molecule has 5 nitrogen and oxygen atoms in total. The number of carbonyl (C=O) groups excluding carboxylic acids is 1. The molecule has 0 fully saturated rings. The van der Waals surface area contributed by atoms with E-state index >= 15 is 0 Å². The third-order valence-corrected chi connectivity index (χ3v) is 4.97. The number of nitrogens with one attached hydrogen (secondary N) is 2. The first kappa shape index (κ1) is 19.9. The van der Waals surface area contributed by atoms with Crippen LogP contribution in [0, 0.1) is 13.8 Å². The van der Waals surface area contributed by atoms with Crippen LogP contribution in [0.1, 0.15) is 29.9 Å². The number of amides is 1. The largest absolute Gasteiger partial charge is 0.379 e. The molecule has 0 saturated carbocycles. The molecule has 0 saturated heterocycles. The molecule has 3 aromatic rings. The van der Waals surface area contributed by atoms with Crippen LogP contribution < -0.4 is 10.6 Å². The topological polar surface area (TPSA) is 66.9 Å². The van der Waals surface area contributed by atoms with Crippen LogP contribution in [0.25, 0.3) is 0 Å². The molecule has 0 spiro atoms. The molecule has 1 unspecified atom stereocenters. The van der Waals surface area contributed by atoms with E-state index in [1.165, 1.54) is 11.8 Å². The van der Waals surface area contributed by atoms with Crippen molar-refractivity contribution in [3.05, 3.63) is 77.6 Å². The zero-order chi connectivity index (χ0) is 19.9. The second-order valence-corrected chi connectivity index (χ2v) is 7.57. The van der Waals surface area contributed by atoms with Gasteiger partial charge in [0.1, 0.15) is 0 Å². The van der Waals surface area contributed by atoms with Gasteiger partial charge in [-0.15, -0.1) is 0 Å². The molecule has 1 atom stereocenters. The number of hydrogen-bond acceptors (Lipinski definition) is 5. The van der Waals surface area contributed by atoms with Crippen LogP contribution in [0.5, 0.6) is 0 Å². The van der Waals surface area contributed by atoms with E-state index in [4.69, 9.17) is 0 Å². The van der Waals surface area contributed by atoms with Gasteiger partial charge in [-0.1, -0.05) is 42.1 Å². The summed E-state index contributed by atoms with van der Waals surface area (Å²) in [6.45, 7) is 5.95. The maximum Gasteiger partial charge on any atom is 0.234 e. The van der Waals surface area contributed by atoms with Crippen molar-refractivity contribution >= 4 is 29.0 Å². The lowest BCUT2D eigenvalue weighted by molar-refractivity contribution is -0.113. The molecule has 28 heavy (non-hydrogen) atoms. The van der Waals surface area contributed by atoms with Crippen molar-refractivity contribution in [1.29, 1.82) is 0 Å². The second kappa shape index (κ2) is 9.37. The van der Waals surface area contributed by atoms with Gasteiger partial charge in [0.2, 0.25) is 5.91 Å². The number of nitrogens with zero attached hydrogens (tertiary/aromatic N) is 2. The highest BCUT2D eigenvalue weighted by Crippen LogP contribution is 2.22. The fourth-order valence-corrected chi connectivity index (χ4v) is 3.59. The first-order chi connectivity index (χ1) is 13.5. The maximum atomic E-state index is 12.3. The number of anilines is 2. The van der Waals surface area contributed by atoms with E-state index in [-0.39, 0.29) is 17.7 Å². The Bertz CT molecular complexity index is 926. The minimum absolute atomic E-state index is 0.0754. The Morgan fingerprint density at radius 3 is 2.36 bits per heavy atom. The number of hydrogen-bond donors (Lipinski definition) is 2. The first-order valence-electron chi connectivity index (χ1n) is 9.16. The number of thioether (sulfide) groups is 1. The smallest absolute Gasteiger partial charge is 0.234 e. The lowest BCUT2D eigenvalue weighted by Gasteiger charge is -2.17. The highest BCUT2D eigenvalue weighted by Gasteiger charge is 2.09. The minimum Gasteiger partial charge on any atom is -0.379 e. The highest BCUT2D eigenvalue weighted by atomic mass is 32.2. The van der Waals surface area contributed by atoms with Gasteiger partial charge in [0, 0.05) is 28.8 Å². The molecule has 2 aromatic carbocycles. The minimum atomic E-state index is -0.0754. The normalized spacial score (nSPS) is 11.7. The van der Waals surface area contributed by atoms with Gasteiger partial charge in [-0.05, 0) is 56.7 Å². The van der Waals surface area contributed by atoms with Crippen molar-refractivity contribution < 1.29 is 4.79 Å². The van der Waals surface area contributed by atoms with Crippen LogP contribution in [0.2, 0.25) is 0 Å². The van der Waals surface area contributed by atoms with Gasteiger partial charge in [0.15, 0.2) is 5.16 Å². The number of rotatable bonds is 7. The molecule has 0 radical (unpaired) electrons. The molecule has 3 rings (SSSR count). The first-order valence-corrected chi connectivity index (χ1v) is 10.1. The van der Waals surface area contributed by atoms with Gasteiger partial charge in [0.05, 0.1) is 5.75 Å². The number of para-hydroxylation sites is 1. The summed E-state index contributed by atoms with van der Waals surface area (Å²) in [4.78, 5) is 21.0. The molecule has 1 amide bonds. The van der Waals surface area contributed by atoms with Crippen LogP contribution in [-0.4, -0.2) is 21.6 Å². The van der Waals surface area contributed by atoms with Crippen LogP contribution in [-0.2, 0) is 4.79 Å². The van der Waals surface area contributed by atoms with Crippen molar-refractivity contribution in [1.82, 2.24) is 9.97 Å². The Morgan fingerprint density at radius 2 is 1.64 bits per heavy atom. The predicted octanol–water partition coefficient (Wildman–Crippen LogP) is 5.00. The molecule has 1 heterocycles. The summed E-state index contributed by atoms with van der Waals surface area (Å²) >= 11 is 1.34. The molecule has 2 N–H and O–H groups in total. The SMILES string of the molecule is Cc1cc(C)nc(SCC(=O)Nc2cccc(C(C)Nc3ccccc3)c2)n1. The summed E-state index contributed by atoms with van der Waals surface area (Å²) in [6.07, 6.45) is 0. The summed E-state index contributed by atoms with van der Waals surface area (Å²) in [6, 6.07) is 20.0. The van der Waals surface area contributed by atoms with Gasteiger partial charge in [-0.3, -0.25) is 4.79 Å². The Balaban J connectivity index is 1.58. The predicted molar refractivity (Wildman–Crippen MR) is 116 cm³/mol. The third-order valence-electron chi connectivity index (χ3n) is 4.12. The van der Waals surface area contributed by atoms with Crippen molar-refractivity contribution in [2.75, 3.05) is 16.4 Å². The van der Waals surface area contributed by atoms with Crippen molar-refractivity contribution in [2.24, 2.45) is 0 Å². The van der Waals surface area contributed by atoms with E-state index in [1.807, 2.05) is 74.5 Å². The molecule has 1 aromatic heterocycles. The van der Waals surface area contributed by atoms with Crippen LogP contribution in [0.3, 0.4) is 0 Å². The molecular formula is C22H24N4OS. The molecule has 0 bridgehead atoms. The zero-order valence-corrected chi connectivity index (χ0v) is 17.1. The van der Waals surface area contributed by atoms with Crippen molar-refractivity contribution in [2.45, 2.75) is 32.0 Å². The third kappa shape index (κ3) is 5.82. The maximum absolute atomic E-state index is 12.3. The van der Waals surface area contributed by atoms with Gasteiger partial charge in [0.25, 0.3) is 0 Å². The Hall–Kier alpha value is -2.86. The molecule has 0 aliphatic heterocycles. The molecule has 0 aliphatic rings. The van der Waals surface area contributed by atoms with E-state index < -0.39 is 0 Å². The van der Waals surface area contributed by atoms with E-state index in [9.17, 15) is 4.79 Å². The van der Waals surface area contributed by atoms with Crippen LogP contribution in [0.15, 0.2) is 65.8 Å². The molecular weight excluding hydrogens is 368 g/mol. The van der Waals surface area contributed by atoms with E-state index in [0.29, 0.717) is 5.16 Å². The van der Waals surface area contributed by atoms with Gasteiger partial charge < -0.3 is 10.6 Å². The Labute approximate surface area is 170 Å². The summed E-state index contributed by atoms with van der Waals surface area (Å²) in [7, 11) is 0. The zero-order valence-electron chi connectivity index (χ0n) is 16.3. The second-order valence-electron chi connectivity index (χ2n) is 6.63. The lowest BCUT2D eigenvalue weighted by atomic mass is 10.1. The Kier molecular flexibility index (Phi) is 6.66. The monoisotopic (exact) mass is 392 g/mol. The van der Waals surface area contributed by atoms with Crippen LogP contribution in [0.4, 0.5) is 11.4 Å². The van der Waals surface area contributed by atoms with Gasteiger partial charge >= 0.3 is 0 Å². The number of benzene rings is 2. The van der Waals surface area contributed by atoms with Crippen LogP contribution >= 0.6 is 11.8 Å². The molecule has 144 valence electrons. The average molecular weight is 393 g/mol. The standard InChI is InChI=1S/C22H24N4OS/c1-15-12-16(2)24-22(23-15)28-14-21(27)26-20-11-7-8-18(13-20)17(3)25-19-9-5-4-6-10-19/h4-13,17,25H,14H2,1-3H3,(H,26,27). The fraction of sp³-hybridized carbons (Fsp3) is 0.227. The van der Waals surface area contributed by atoms with E-state index in [2.05, 4.69) is 27.5 Å². The van der Waals surface area contributed by atoms with Crippen molar-refractivity contribution in [3.8, 4) is 0 Å². The highest BCUT2D eigenvalue weighted by molar-refractivity contribution is 7.99. The number of aryl methyl sites for hydroxylation is 2. The molecule has 6 heteroatoms. The summed E-state index contributed by atoms with van der Waals surface area (Å²) in [5.74, 6) is 0.193. The summed E-state index contributed by atoms with van der Waals surface area (Å²) < 4.78 is 0. The van der Waals surface area contributed by atoms with E-state index in [1.54, 1.807) is 0 Å². The summed E-state index contributed by atoms with van der Waals surface area (Å²) in [5, 5.41) is 7.05. The van der Waals surface area contributed by atoms with Crippen molar-refractivity contribution in [3.63, 3.8) is 0 Å². The van der Waals surface area contributed by atoms with E-state index in [0.717, 1.165) is 28.3 Å².